The number of nitrogens with one attached hydrogen (secondary N) is 2. The van der Waals surface area contributed by atoms with Gasteiger partial charge in [0.15, 0.2) is 5.11 Å². The molecule has 3 aromatic carbocycles. The van der Waals surface area contributed by atoms with Gasteiger partial charge in [-0.3, -0.25) is 14.9 Å². The molecule has 4 rings (SSSR count). The number of carbonyl (C=O) groups is 2. The lowest BCUT2D eigenvalue weighted by molar-refractivity contribution is 0.0974. The summed E-state index contributed by atoms with van der Waals surface area (Å²) in [6.07, 6.45) is 0. The molecule has 0 saturated heterocycles. The van der Waals surface area contributed by atoms with E-state index in [2.05, 4.69) is 10.6 Å². The Labute approximate surface area is 185 Å². The van der Waals surface area contributed by atoms with Crippen LogP contribution in [-0.2, 0) is 6.54 Å². The van der Waals surface area contributed by atoms with Crippen LogP contribution in [0.25, 0.3) is 0 Å². The molecule has 6 nitrogen and oxygen atoms in total. The maximum atomic E-state index is 12.6. The van der Waals surface area contributed by atoms with Crippen LogP contribution >= 0.6 is 12.2 Å². The Morgan fingerprint density at radius 2 is 1.84 bits per heavy atom. The molecule has 7 heteroatoms. The fraction of sp³-hybridized carbons (Fsp3) is 0.125. The van der Waals surface area contributed by atoms with Crippen LogP contribution in [0, 0.1) is 0 Å². The third-order valence-corrected chi connectivity index (χ3v) is 5.10. The number of hydrogen-bond acceptors (Lipinski definition) is 4. The molecule has 0 aliphatic carbocycles. The molecule has 0 saturated carbocycles. The summed E-state index contributed by atoms with van der Waals surface area (Å²) in [7, 11) is 0. The fourth-order valence-electron chi connectivity index (χ4n) is 3.42. The third kappa shape index (κ3) is 4.57. The van der Waals surface area contributed by atoms with E-state index in [-0.39, 0.29) is 16.9 Å². The molecular formula is C24H21N3O3S. The highest BCUT2D eigenvalue weighted by molar-refractivity contribution is 7.80. The molecule has 2 N–H and O–H groups in total. The van der Waals surface area contributed by atoms with Gasteiger partial charge >= 0.3 is 0 Å². The van der Waals surface area contributed by atoms with Gasteiger partial charge in [0.2, 0.25) is 0 Å². The standard InChI is InChI=1S/C24H21N3O3S/c1-2-30-20-8-5-7-16(14-20)22(28)26-24(31)25-18-10-12-19(13-11-18)27-15-17-6-3-4-9-21(17)23(27)29/h3-14H,2,15H2,1H3,(H2,25,26,28,31). The summed E-state index contributed by atoms with van der Waals surface area (Å²) in [4.78, 5) is 26.8. The lowest BCUT2D eigenvalue weighted by atomic mass is 10.1. The van der Waals surface area contributed by atoms with Crippen LogP contribution in [0.15, 0.2) is 72.8 Å². The van der Waals surface area contributed by atoms with Gasteiger partial charge < -0.3 is 15.0 Å². The van der Waals surface area contributed by atoms with Crippen molar-refractivity contribution >= 4 is 40.5 Å². The van der Waals surface area contributed by atoms with Crippen molar-refractivity contribution in [3.05, 3.63) is 89.5 Å². The zero-order chi connectivity index (χ0) is 21.8. The quantitative estimate of drug-likeness (QED) is 0.587. The Hall–Kier alpha value is -3.71. The summed E-state index contributed by atoms with van der Waals surface area (Å²) in [5, 5.41) is 5.84. The number of hydrogen-bond donors (Lipinski definition) is 2. The number of thiocarbonyl (C=S) groups is 1. The summed E-state index contributed by atoms with van der Waals surface area (Å²) < 4.78 is 5.42. The maximum absolute atomic E-state index is 12.6. The Bertz CT molecular complexity index is 1140. The second-order valence-electron chi connectivity index (χ2n) is 6.96. The van der Waals surface area contributed by atoms with Crippen LogP contribution in [-0.4, -0.2) is 23.5 Å². The molecule has 0 fully saturated rings. The minimum atomic E-state index is -0.323. The molecule has 1 heterocycles. The molecule has 1 aliphatic heterocycles. The Balaban J connectivity index is 1.37. The molecule has 3 aromatic rings. The van der Waals surface area contributed by atoms with E-state index in [4.69, 9.17) is 17.0 Å². The topological polar surface area (TPSA) is 70.7 Å². The summed E-state index contributed by atoms with van der Waals surface area (Å²) >= 11 is 5.26. The summed E-state index contributed by atoms with van der Waals surface area (Å²) in [5.74, 6) is 0.299. The van der Waals surface area contributed by atoms with Crippen molar-refractivity contribution in [2.45, 2.75) is 13.5 Å². The van der Waals surface area contributed by atoms with Gasteiger partial charge in [0.1, 0.15) is 5.75 Å². The summed E-state index contributed by atoms with van der Waals surface area (Å²) in [6, 6.07) is 21.9. The number of nitrogens with zero attached hydrogens (tertiary/aromatic N) is 1. The molecule has 0 atom stereocenters. The number of amides is 2. The molecule has 0 bridgehead atoms. The van der Waals surface area contributed by atoms with Gasteiger partial charge in [-0.25, -0.2) is 0 Å². The van der Waals surface area contributed by atoms with Gasteiger partial charge in [-0.15, -0.1) is 0 Å². The van der Waals surface area contributed by atoms with Crippen molar-refractivity contribution in [2.75, 3.05) is 16.8 Å². The predicted molar refractivity (Wildman–Crippen MR) is 125 cm³/mol. The normalized spacial score (nSPS) is 12.3. The SMILES string of the molecule is CCOc1cccc(C(=O)NC(=S)Nc2ccc(N3Cc4ccccc4C3=O)cc2)c1. The van der Waals surface area contributed by atoms with Crippen LogP contribution in [0.2, 0.25) is 0 Å². The first-order chi connectivity index (χ1) is 15.0. The van der Waals surface area contributed by atoms with E-state index in [0.717, 1.165) is 16.8 Å². The van der Waals surface area contributed by atoms with Crippen LogP contribution in [0.4, 0.5) is 11.4 Å². The number of fused-ring (bicyclic) bond motifs is 1. The smallest absolute Gasteiger partial charge is 0.258 e. The zero-order valence-electron chi connectivity index (χ0n) is 16.9. The van der Waals surface area contributed by atoms with Gasteiger partial charge in [0.25, 0.3) is 11.8 Å². The van der Waals surface area contributed by atoms with Gasteiger partial charge in [-0.05, 0) is 73.2 Å². The highest BCUT2D eigenvalue weighted by Gasteiger charge is 2.27. The molecule has 2 amide bonds. The van der Waals surface area contributed by atoms with Gasteiger partial charge in [0.05, 0.1) is 13.2 Å². The lowest BCUT2D eigenvalue weighted by Gasteiger charge is -2.17. The fourth-order valence-corrected chi connectivity index (χ4v) is 3.63. The Morgan fingerprint density at radius 3 is 2.58 bits per heavy atom. The van der Waals surface area contributed by atoms with Crippen molar-refractivity contribution in [2.24, 2.45) is 0 Å². The minimum absolute atomic E-state index is 0.00613. The van der Waals surface area contributed by atoms with Crippen LogP contribution in [0.5, 0.6) is 5.75 Å². The summed E-state index contributed by atoms with van der Waals surface area (Å²) in [5.41, 5.74) is 3.72. The monoisotopic (exact) mass is 431 g/mol. The second-order valence-corrected chi connectivity index (χ2v) is 7.37. The molecule has 156 valence electrons. The number of anilines is 2. The number of benzene rings is 3. The largest absolute Gasteiger partial charge is 0.494 e. The average Bonchev–Trinajstić information content (AvgIpc) is 3.11. The number of carbonyl (C=O) groups excluding carboxylic acids is 2. The Kier molecular flexibility index (Phi) is 5.95. The first-order valence-corrected chi connectivity index (χ1v) is 10.3. The Morgan fingerprint density at radius 1 is 1.06 bits per heavy atom. The minimum Gasteiger partial charge on any atom is -0.494 e. The highest BCUT2D eigenvalue weighted by Crippen LogP contribution is 2.28. The zero-order valence-corrected chi connectivity index (χ0v) is 17.7. The third-order valence-electron chi connectivity index (χ3n) is 4.89. The van der Waals surface area contributed by atoms with E-state index in [0.29, 0.717) is 30.2 Å². The maximum Gasteiger partial charge on any atom is 0.258 e. The van der Waals surface area contributed by atoms with Crippen LogP contribution in [0.1, 0.15) is 33.2 Å². The number of ether oxygens (including phenoxy) is 1. The van der Waals surface area contributed by atoms with E-state index in [1.54, 1.807) is 29.2 Å². The van der Waals surface area contributed by atoms with Crippen LogP contribution in [0.3, 0.4) is 0 Å². The second kappa shape index (κ2) is 8.97. The molecule has 0 unspecified atom stereocenters. The van der Waals surface area contributed by atoms with Crippen molar-refractivity contribution in [3.63, 3.8) is 0 Å². The van der Waals surface area contributed by atoms with E-state index in [9.17, 15) is 9.59 Å². The molecule has 1 aliphatic rings. The van der Waals surface area contributed by atoms with Crippen molar-refractivity contribution in [1.29, 1.82) is 0 Å². The van der Waals surface area contributed by atoms with E-state index in [1.165, 1.54) is 0 Å². The van der Waals surface area contributed by atoms with Gasteiger partial charge in [-0.2, -0.15) is 0 Å². The average molecular weight is 432 g/mol. The van der Waals surface area contributed by atoms with Crippen LogP contribution < -0.4 is 20.3 Å². The van der Waals surface area contributed by atoms with Crippen molar-refractivity contribution in [1.82, 2.24) is 5.32 Å². The van der Waals surface area contributed by atoms with E-state index < -0.39 is 0 Å². The molecule has 0 aromatic heterocycles. The highest BCUT2D eigenvalue weighted by atomic mass is 32.1. The van der Waals surface area contributed by atoms with E-state index in [1.807, 2.05) is 55.5 Å². The molecule has 0 radical (unpaired) electrons. The molecule has 0 spiro atoms. The first kappa shape index (κ1) is 20.6. The summed E-state index contributed by atoms with van der Waals surface area (Å²) in [6.45, 7) is 2.96. The predicted octanol–water partition coefficient (Wildman–Crippen LogP) is 4.37. The molecular weight excluding hydrogens is 410 g/mol. The molecule has 31 heavy (non-hydrogen) atoms. The lowest BCUT2D eigenvalue weighted by Crippen LogP contribution is -2.34. The van der Waals surface area contributed by atoms with E-state index >= 15 is 0 Å². The van der Waals surface area contributed by atoms with Gasteiger partial charge in [0, 0.05) is 22.5 Å². The van der Waals surface area contributed by atoms with Gasteiger partial charge in [-0.1, -0.05) is 24.3 Å². The van der Waals surface area contributed by atoms with Crippen molar-refractivity contribution < 1.29 is 14.3 Å². The van der Waals surface area contributed by atoms with Crippen molar-refractivity contribution in [3.8, 4) is 5.75 Å². The first-order valence-electron chi connectivity index (χ1n) is 9.90. The number of rotatable bonds is 5.